The number of nitrogens with zero attached hydrogens (tertiary/aromatic N) is 2. The highest BCUT2D eigenvalue weighted by Crippen LogP contribution is 2.44. The molecule has 25 heavy (non-hydrogen) atoms. The lowest BCUT2D eigenvalue weighted by molar-refractivity contribution is 0.0322. The lowest BCUT2D eigenvalue weighted by Crippen LogP contribution is -2.40. The second-order valence-corrected chi connectivity index (χ2v) is 7.68. The van der Waals surface area contributed by atoms with Gasteiger partial charge in [-0.15, -0.1) is 0 Å². The van der Waals surface area contributed by atoms with Crippen LogP contribution >= 0.6 is 0 Å². The van der Waals surface area contributed by atoms with Crippen molar-refractivity contribution in [3.05, 3.63) is 29.8 Å². The van der Waals surface area contributed by atoms with E-state index in [0.29, 0.717) is 6.04 Å². The molecule has 1 aromatic rings. The molecule has 2 saturated heterocycles. The van der Waals surface area contributed by atoms with Gasteiger partial charge in [-0.1, -0.05) is 12.1 Å². The summed E-state index contributed by atoms with van der Waals surface area (Å²) in [6, 6.07) is 8.83. The first-order chi connectivity index (χ1) is 12.2. The van der Waals surface area contributed by atoms with Crippen molar-refractivity contribution in [3.8, 4) is 5.75 Å². The minimum atomic E-state index is -0.390. The molecule has 1 unspecified atom stereocenters. The van der Waals surface area contributed by atoms with Crippen LogP contribution in [-0.4, -0.2) is 72.5 Å². The molecular formula is C20H30N2O3. The molecule has 5 heteroatoms. The van der Waals surface area contributed by atoms with Gasteiger partial charge in [0.25, 0.3) is 0 Å². The van der Waals surface area contributed by atoms with Crippen molar-refractivity contribution in [2.75, 3.05) is 46.0 Å². The van der Waals surface area contributed by atoms with Crippen molar-refractivity contribution in [1.82, 2.24) is 9.80 Å². The van der Waals surface area contributed by atoms with Crippen molar-refractivity contribution >= 4 is 0 Å². The molecule has 1 aliphatic carbocycles. The third kappa shape index (κ3) is 4.34. The van der Waals surface area contributed by atoms with E-state index in [1.54, 1.807) is 0 Å². The monoisotopic (exact) mass is 346 g/mol. The van der Waals surface area contributed by atoms with Crippen molar-refractivity contribution in [2.45, 2.75) is 43.9 Å². The smallest absolute Gasteiger partial charge is 0.119 e. The largest absolute Gasteiger partial charge is 0.492 e. The van der Waals surface area contributed by atoms with Crippen LogP contribution in [0.25, 0.3) is 0 Å². The van der Waals surface area contributed by atoms with E-state index < -0.39 is 0 Å². The Morgan fingerprint density at radius 2 is 1.88 bits per heavy atom. The highest BCUT2D eigenvalue weighted by Gasteiger charge is 2.51. The molecule has 138 valence electrons. The second kappa shape index (κ2) is 7.62. The van der Waals surface area contributed by atoms with Crippen molar-refractivity contribution in [2.24, 2.45) is 0 Å². The van der Waals surface area contributed by atoms with E-state index in [1.807, 2.05) is 0 Å². The van der Waals surface area contributed by atoms with Gasteiger partial charge in [-0.2, -0.15) is 0 Å². The Kier molecular flexibility index (Phi) is 5.27. The lowest BCUT2D eigenvalue weighted by Gasteiger charge is -2.28. The van der Waals surface area contributed by atoms with Crippen molar-refractivity contribution in [1.29, 1.82) is 0 Å². The minimum absolute atomic E-state index is 0.358. The lowest BCUT2D eigenvalue weighted by atomic mass is 10.1. The number of aliphatic hydroxyl groups is 1. The molecule has 0 spiro atoms. The van der Waals surface area contributed by atoms with Gasteiger partial charge in [0.15, 0.2) is 0 Å². The van der Waals surface area contributed by atoms with Gasteiger partial charge in [0, 0.05) is 32.2 Å². The zero-order valence-electron chi connectivity index (χ0n) is 15.0. The highest BCUT2D eigenvalue weighted by atomic mass is 16.5. The second-order valence-electron chi connectivity index (χ2n) is 7.68. The zero-order chi connectivity index (χ0) is 17.1. The summed E-state index contributed by atoms with van der Waals surface area (Å²) in [5.41, 5.74) is 0.913. The molecule has 4 rings (SSSR count). The number of rotatable bonds is 7. The molecule has 0 aromatic heterocycles. The van der Waals surface area contributed by atoms with Gasteiger partial charge in [0.05, 0.1) is 18.8 Å². The predicted octanol–water partition coefficient (Wildman–Crippen LogP) is 1.89. The van der Waals surface area contributed by atoms with Crippen LogP contribution in [0.5, 0.6) is 5.75 Å². The average Bonchev–Trinajstić information content (AvgIpc) is 3.21. The molecule has 0 bridgehead atoms. The number of morpholine rings is 1. The fourth-order valence-electron chi connectivity index (χ4n) is 4.13. The molecule has 0 radical (unpaired) electrons. The summed E-state index contributed by atoms with van der Waals surface area (Å²) in [5, 5.41) is 10.5. The average molecular weight is 346 g/mol. The SMILES string of the molecule is OC1(C2CCCN2Cc2ccc(OCCN3CCOCC3)cc2)CC1. The van der Waals surface area contributed by atoms with E-state index in [2.05, 4.69) is 34.1 Å². The van der Waals surface area contributed by atoms with Crippen molar-refractivity contribution < 1.29 is 14.6 Å². The molecule has 5 nitrogen and oxygen atoms in total. The van der Waals surface area contributed by atoms with Crippen molar-refractivity contribution in [3.63, 3.8) is 0 Å². The Morgan fingerprint density at radius 3 is 2.60 bits per heavy atom. The molecule has 2 aliphatic heterocycles. The van der Waals surface area contributed by atoms with Gasteiger partial charge in [-0.25, -0.2) is 0 Å². The fourth-order valence-corrected chi connectivity index (χ4v) is 4.13. The molecule has 2 heterocycles. The van der Waals surface area contributed by atoms with E-state index in [9.17, 15) is 5.11 Å². The van der Waals surface area contributed by atoms with E-state index in [0.717, 1.165) is 77.6 Å². The maximum absolute atomic E-state index is 10.5. The summed E-state index contributed by atoms with van der Waals surface area (Å²) in [7, 11) is 0. The Morgan fingerprint density at radius 1 is 1.12 bits per heavy atom. The van der Waals surface area contributed by atoms with Gasteiger partial charge < -0.3 is 14.6 Å². The van der Waals surface area contributed by atoms with Crippen LogP contribution in [-0.2, 0) is 11.3 Å². The maximum atomic E-state index is 10.5. The first kappa shape index (κ1) is 17.3. The van der Waals surface area contributed by atoms with Gasteiger partial charge >= 0.3 is 0 Å². The fraction of sp³-hybridized carbons (Fsp3) is 0.700. The highest BCUT2D eigenvalue weighted by molar-refractivity contribution is 5.27. The molecule has 1 atom stereocenters. The number of benzene rings is 1. The first-order valence-electron chi connectivity index (χ1n) is 9.71. The molecular weight excluding hydrogens is 316 g/mol. The van der Waals surface area contributed by atoms with Gasteiger partial charge in [-0.3, -0.25) is 9.80 Å². The van der Waals surface area contributed by atoms with Gasteiger partial charge in [0.2, 0.25) is 0 Å². The molecule has 1 aromatic carbocycles. The summed E-state index contributed by atoms with van der Waals surface area (Å²) < 4.78 is 11.2. The summed E-state index contributed by atoms with van der Waals surface area (Å²) in [6.45, 7) is 7.39. The number of hydrogen-bond acceptors (Lipinski definition) is 5. The third-order valence-electron chi connectivity index (χ3n) is 5.84. The molecule has 3 aliphatic rings. The first-order valence-corrected chi connectivity index (χ1v) is 9.71. The van der Waals surface area contributed by atoms with Crippen LogP contribution in [0.4, 0.5) is 0 Å². The quantitative estimate of drug-likeness (QED) is 0.817. The Labute approximate surface area is 150 Å². The van der Waals surface area contributed by atoms with E-state index in [1.165, 1.54) is 12.0 Å². The summed E-state index contributed by atoms with van der Waals surface area (Å²) in [6.07, 6.45) is 4.29. The van der Waals surface area contributed by atoms with Crippen LogP contribution < -0.4 is 4.74 Å². The predicted molar refractivity (Wildman–Crippen MR) is 96.8 cm³/mol. The Balaban J connectivity index is 1.24. The van der Waals surface area contributed by atoms with Gasteiger partial charge in [0.1, 0.15) is 12.4 Å². The van der Waals surface area contributed by atoms with Crippen LogP contribution in [0.2, 0.25) is 0 Å². The van der Waals surface area contributed by atoms with Crippen LogP contribution in [0, 0.1) is 0 Å². The van der Waals surface area contributed by atoms with E-state index in [-0.39, 0.29) is 5.60 Å². The summed E-state index contributed by atoms with van der Waals surface area (Å²) in [5.74, 6) is 0.941. The molecule has 1 saturated carbocycles. The van der Waals surface area contributed by atoms with E-state index >= 15 is 0 Å². The number of likely N-dealkylation sites (tertiary alicyclic amines) is 1. The standard InChI is InChI=1S/C20H30N2O3/c23-20(7-8-20)19-2-1-9-22(19)16-17-3-5-18(6-4-17)25-15-12-21-10-13-24-14-11-21/h3-6,19,23H,1-2,7-16H2. The Hall–Kier alpha value is -1.14. The number of hydrogen-bond donors (Lipinski definition) is 1. The molecule has 0 amide bonds. The maximum Gasteiger partial charge on any atom is 0.119 e. The normalized spacial score (nSPS) is 26.7. The summed E-state index contributed by atoms with van der Waals surface area (Å²) in [4.78, 5) is 4.84. The number of ether oxygens (including phenoxy) is 2. The Bertz CT molecular complexity index is 553. The molecule has 1 N–H and O–H groups in total. The summed E-state index contributed by atoms with van der Waals surface area (Å²) >= 11 is 0. The minimum Gasteiger partial charge on any atom is -0.492 e. The van der Waals surface area contributed by atoms with Crippen LogP contribution in [0.15, 0.2) is 24.3 Å². The zero-order valence-corrected chi connectivity index (χ0v) is 15.0. The van der Waals surface area contributed by atoms with Crippen LogP contribution in [0.3, 0.4) is 0 Å². The van der Waals surface area contributed by atoms with Gasteiger partial charge in [-0.05, 0) is 49.9 Å². The third-order valence-corrected chi connectivity index (χ3v) is 5.84. The van der Waals surface area contributed by atoms with Crippen LogP contribution in [0.1, 0.15) is 31.2 Å². The molecule has 3 fully saturated rings. The van der Waals surface area contributed by atoms with E-state index in [4.69, 9.17) is 9.47 Å². The topological polar surface area (TPSA) is 45.2 Å².